The number of hydrogen-bond acceptors (Lipinski definition) is 5. The number of piperidine rings is 1. The van der Waals surface area contributed by atoms with Gasteiger partial charge in [-0.05, 0) is 55.5 Å². The first kappa shape index (κ1) is 20.6. The van der Waals surface area contributed by atoms with Gasteiger partial charge in [0.2, 0.25) is 15.9 Å². The second-order valence-corrected chi connectivity index (χ2v) is 9.28. The van der Waals surface area contributed by atoms with Gasteiger partial charge < -0.3 is 10.1 Å². The number of carbonyl (C=O) groups is 1. The van der Waals surface area contributed by atoms with Gasteiger partial charge in [0.05, 0.1) is 6.61 Å². The minimum absolute atomic E-state index is 0.0938. The molecule has 0 aliphatic carbocycles. The standard InChI is InChI=1S/C20H24N2O4S2/c1-2-26-18-10-8-16(21-20(23)11-9-17-7-6-14-27-17)15-19(18)28(24,25)22-12-4-3-5-13-22/h6-11,14-15H,2-5,12-13H2,1H3,(H,21,23)/b11-9+. The number of ether oxygens (including phenoxy) is 1. The van der Waals surface area contributed by atoms with Crippen molar-refractivity contribution in [3.8, 4) is 5.75 Å². The minimum Gasteiger partial charge on any atom is -0.492 e. The summed E-state index contributed by atoms with van der Waals surface area (Å²) in [5.74, 6) is -0.0147. The fraction of sp³-hybridized carbons (Fsp3) is 0.350. The first-order chi connectivity index (χ1) is 13.5. The summed E-state index contributed by atoms with van der Waals surface area (Å²) in [7, 11) is -3.68. The Hall–Kier alpha value is -2.16. The Kier molecular flexibility index (Phi) is 6.88. The van der Waals surface area contributed by atoms with Crippen molar-refractivity contribution in [2.24, 2.45) is 0 Å². The van der Waals surface area contributed by atoms with Crippen molar-refractivity contribution in [2.75, 3.05) is 25.0 Å². The second-order valence-electron chi connectivity index (χ2n) is 6.40. The lowest BCUT2D eigenvalue weighted by atomic mass is 10.2. The zero-order valence-corrected chi connectivity index (χ0v) is 17.4. The molecular formula is C20H24N2O4S2. The summed E-state index contributed by atoms with van der Waals surface area (Å²) in [4.78, 5) is 13.3. The van der Waals surface area contributed by atoms with Crippen LogP contribution >= 0.6 is 11.3 Å². The smallest absolute Gasteiger partial charge is 0.248 e. The average Bonchev–Trinajstić information content (AvgIpc) is 3.22. The third kappa shape index (κ3) is 5.01. The summed E-state index contributed by atoms with van der Waals surface area (Å²) in [5, 5.41) is 4.66. The first-order valence-corrected chi connectivity index (χ1v) is 11.6. The van der Waals surface area contributed by atoms with E-state index in [0.29, 0.717) is 31.1 Å². The number of amides is 1. The van der Waals surface area contributed by atoms with Crippen LogP contribution in [0.3, 0.4) is 0 Å². The molecule has 8 heteroatoms. The maximum atomic E-state index is 13.1. The largest absolute Gasteiger partial charge is 0.492 e. The molecule has 0 spiro atoms. The molecule has 3 rings (SSSR count). The minimum atomic E-state index is -3.68. The molecule has 1 aromatic heterocycles. The van der Waals surface area contributed by atoms with Crippen LogP contribution in [0.5, 0.6) is 5.75 Å². The van der Waals surface area contributed by atoms with Crippen LogP contribution in [-0.4, -0.2) is 38.3 Å². The Morgan fingerprint density at radius 1 is 1.25 bits per heavy atom. The maximum Gasteiger partial charge on any atom is 0.248 e. The van der Waals surface area contributed by atoms with Gasteiger partial charge in [0.1, 0.15) is 10.6 Å². The molecule has 28 heavy (non-hydrogen) atoms. The summed E-state index contributed by atoms with van der Waals surface area (Å²) in [6.45, 7) is 3.18. The lowest BCUT2D eigenvalue weighted by Gasteiger charge is -2.26. The molecule has 150 valence electrons. The van der Waals surface area contributed by atoms with E-state index in [9.17, 15) is 13.2 Å². The molecule has 1 saturated heterocycles. The van der Waals surface area contributed by atoms with Crippen molar-refractivity contribution in [1.29, 1.82) is 0 Å². The highest BCUT2D eigenvalue weighted by atomic mass is 32.2. The highest BCUT2D eigenvalue weighted by Gasteiger charge is 2.29. The van der Waals surface area contributed by atoms with Crippen molar-refractivity contribution in [3.63, 3.8) is 0 Å². The van der Waals surface area contributed by atoms with Gasteiger partial charge in [-0.2, -0.15) is 4.31 Å². The predicted octanol–water partition coefficient (Wildman–Crippen LogP) is 3.97. The molecule has 2 aromatic rings. The zero-order valence-electron chi connectivity index (χ0n) is 15.8. The van der Waals surface area contributed by atoms with Crippen LogP contribution in [0.4, 0.5) is 5.69 Å². The van der Waals surface area contributed by atoms with E-state index in [-0.39, 0.29) is 10.8 Å². The number of carbonyl (C=O) groups excluding carboxylic acids is 1. The third-order valence-electron chi connectivity index (χ3n) is 4.39. The van der Waals surface area contributed by atoms with Crippen LogP contribution in [0.1, 0.15) is 31.1 Å². The van der Waals surface area contributed by atoms with Crippen molar-refractivity contribution in [2.45, 2.75) is 31.1 Å². The summed E-state index contributed by atoms with van der Waals surface area (Å²) >= 11 is 1.53. The van der Waals surface area contributed by atoms with E-state index in [1.165, 1.54) is 27.8 Å². The van der Waals surface area contributed by atoms with E-state index in [2.05, 4.69) is 5.32 Å². The topological polar surface area (TPSA) is 75.7 Å². The second kappa shape index (κ2) is 9.36. The first-order valence-electron chi connectivity index (χ1n) is 9.30. The summed E-state index contributed by atoms with van der Waals surface area (Å²) < 4.78 is 33.3. The van der Waals surface area contributed by atoms with Crippen LogP contribution in [0.25, 0.3) is 6.08 Å². The monoisotopic (exact) mass is 420 g/mol. The number of nitrogens with zero attached hydrogens (tertiary/aromatic N) is 1. The molecule has 1 aliphatic rings. The van der Waals surface area contributed by atoms with Gasteiger partial charge in [0, 0.05) is 29.7 Å². The Bertz CT molecular complexity index is 931. The number of nitrogens with one attached hydrogen (secondary N) is 1. The highest BCUT2D eigenvalue weighted by molar-refractivity contribution is 7.89. The quantitative estimate of drug-likeness (QED) is 0.688. The number of benzene rings is 1. The average molecular weight is 421 g/mol. The van der Waals surface area contributed by atoms with Crippen LogP contribution < -0.4 is 10.1 Å². The summed E-state index contributed by atoms with van der Waals surface area (Å²) in [6.07, 6.45) is 5.90. The molecule has 0 bridgehead atoms. The molecule has 0 atom stereocenters. The highest BCUT2D eigenvalue weighted by Crippen LogP contribution is 2.31. The van der Waals surface area contributed by atoms with E-state index < -0.39 is 10.0 Å². The zero-order chi connectivity index (χ0) is 20.0. The predicted molar refractivity (Wildman–Crippen MR) is 112 cm³/mol. The number of hydrogen-bond donors (Lipinski definition) is 1. The lowest BCUT2D eigenvalue weighted by molar-refractivity contribution is -0.111. The molecule has 0 radical (unpaired) electrons. The van der Waals surface area contributed by atoms with E-state index in [4.69, 9.17) is 4.74 Å². The number of rotatable bonds is 7. The van der Waals surface area contributed by atoms with Crippen molar-refractivity contribution in [1.82, 2.24) is 4.31 Å². The molecule has 1 aromatic carbocycles. The Morgan fingerprint density at radius 2 is 2.04 bits per heavy atom. The maximum absolute atomic E-state index is 13.1. The van der Waals surface area contributed by atoms with E-state index in [1.807, 2.05) is 24.4 Å². The Labute approximate surface area is 169 Å². The molecular weight excluding hydrogens is 396 g/mol. The Morgan fingerprint density at radius 3 is 2.71 bits per heavy atom. The van der Waals surface area contributed by atoms with Crippen LogP contribution in [0, 0.1) is 0 Å². The lowest BCUT2D eigenvalue weighted by Crippen LogP contribution is -2.35. The summed E-state index contributed by atoms with van der Waals surface area (Å²) in [5.41, 5.74) is 0.417. The number of thiophene rings is 1. The molecule has 6 nitrogen and oxygen atoms in total. The van der Waals surface area contributed by atoms with E-state index >= 15 is 0 Å². The Balaban J connectivity index is 1.83. The van der Waals surface area contributed by atoms with Crippen molar-refractivity contribution < 1.29 is 17.9 Å². The van der Waals surface area contributed by atoms with Gasteiger partial charge in [-0.25, -0.2) is 8.42 Å². The van der Waals surface area contributed by atoms with Gasteiger partial charge in [0.15, 0.2) is 0 Å². The molecule has 2 heterocycles. The summed E-state index contributed by atoms with van der Waals surface area (Å²) in [6, 6.07) is 8.54. The van der Waals surface area contributed by atoms with E-state index in [0.717, 1.165) is 24.1 Å². The molecule has 1 N–H and O–H groups in total. The third-order valence-corrected chi connectivity index (χ3v) is 7.14. The van der Waals surface area contributed by atoms with Gasteiger partial charge in [0.25, 0.3) is 0 Å². The van der Waals surface area contributed by atoms with Crippen molar-refractivity contribution >= 4 is 39.0 Å². The normalized spacial score (nSPS) is 15.6. The SMILES string of the molecule is CCOc1ccc(NC(=O)/C=C/c2cccs2)cc1S(=O)(=O)N1CCCCC1. The van der Waals surface area contributed by atoms with Gasteiger partial charge in [-0.1, -0.05) is 12.5 Å². The van der Waals surface area contributed by atoms with Gasteiger partial charge in [-0.15, -0.1) is 11.3 Å². The molecule has 1 fully saturated rings. The van der Waals surface area contributed by atoms with Gasteiger partial charge in [-0.3, -0.25) is 4.79 Å². The number of anilines is 1. The van der Waals surface area contributed by atoms with Crippen LogP contribution in [-0.2, 0) is 14.8 Å². The van der Waals surface area contributed by atoms with Crippen LogP contribution in [0.15, 0.2) is 46.7 Å². The molecule has 0 saturated carbocycles. The van der Waals surface area contributed by atoms with Crippen molar-refractivity contribution in [3.05, 3.63) is 46.7 Å². The fourth-order valence-corrected chi connectivity index (χ4v) is 5.33. The van der Waals surface area contributed by atoms with E-state index in [1.54, 1.807) is 18.2 Å². The fourth-order valence-electron chi connectivity index (χ4n) is 3.03. The molecule has 0 unspecified atom stereocenters. The van der Waals surface area contributed by atoms with Crippen LogP contribution in [0.2, 0.25) is 0 Å². The number of sulfonamides is 1. The molecule has 1 amide bonds. The van der Waals surface area contributed by atoms with Gasteiger partial charge >= 0.3 is 0 Å². The molecule has 1 aliphatic heterocycles.